The van der Waals surface area contributed by atoms with Gasteiger partial charge in [-0.1, -0.05) is 39.8 Å². The van der Waals surface area contributed by atoms with Crippen LogP contribution in [0, 0.1) is 16.0 Å². The lowest BCUT2D eigenvalue weighted by molar-refractivity contribution is -0.384. The van der Waals surface area contributed by atoms with Gasteiger partial charge in [0.2, 0.25) is 0 Å². The summed E-state index contributed by atoms with van der Waals surface area (Å²) in [6.07, 6.45) is 0.794. The van der Waals surface area contributed by atoms with Crippen molar-refractivity contribution >= 4 is 14.0 Å². The van der Waals surface area contributed by atoms with Gasteiger partial charge in [0, 0.05) is 18.7 Å². The summed E-state index contributed by atoms with van der Waals surface area (Å²) in [7, 11) is -1.78. The van der Waals surface area contributed by atoms with Crippen LogP contribution in [-0.2, 0) is 10.8 Å². The van der Waals surface area contributed by atoms with Crippen LogP contribution in [0.2, 0.25) is 18.1 Å². The average Bonchev–Trinajstić information content (AvgIpc) is 2.38. The minimum absolute atomic E-state index is 0.135. The monoisotopic (exact) mass is 309 g/mol. The minimum atomic E-state index is -1.78. The first-order valence-corrected chi connectivity index (χ1v) is 10.4. The number of nitro groups is 1. The Bertz CT molecular complexity index is 481. The Kier molecular flexibility index (Phi) is 5.70. The van der Waals surface area contributed by atoms with Crippen LogP contribution in [0.3, 0.4) is 0 Å². The maximum atomic E-state index is 10.6. The molecular formula is C16H27NO3Si. The molecular weight excluding hydrogens is 282 g/mol. The van der Waals surface area contributed by atoms with E-state index in [1.54, 1.807) is 12.1 Å². The first-order chi connectivity index (χ1) is 9.58. The van der Waals surface area contributed by atoms with Crippen LogP contribution in [-0.4, -0.2) is 19.8 Å². The average molecular weight is 309 g/mol. The molecule has 0 radical (unpaired) electrons. The minimum Gasteiger partial charge on any atom is -0.416 e. The summed E-state index contributed by atoms with van der Waals surface area (Å²) in [6, 6.07) is 6.72. The number of benzene rings is 1. The molecule has 0 fully saturated rings. The summed E-state index contributed by atoms with van der Waals surface area (Å²) in [5.74, 6) is 0.582. The molecule has 0 amide bonds. The summed E-state index contributed by atoms with van der Waals surface area (Å²) in [4.78, 5) is 10.2. The van der Waals surface area contributed by atoms with Gasteiger partial charge < -0.3 is 4.43 Å². The third-order valence-electron chi connectivity index (χ3n) is 5.00. The summed E-state index contributed by atoms with van der Waals surface area (Å²) in [5, 5.41) is 10.8. The second kappa shape index (κ2) is 6.71. The number of non-ortho nitro benzene ring substituents is 1. The van der Waals surface area contributed by atoms with E-state index in [-0.39, 0.29) is 15.6 Å². The molecule has 0 saturated heterocycles. The van der Waals surface area contributed by atoms with E-state index < -0.39 is 8.32 Å². The van der Waals surface area contributed by atoms with Gasteiger partial charge in [0.25, 0.3) is 5.69 Å². The van der Waals surface area contributed by atoms with E-state index >= 15 is 0 Å². The van der Waals surface area contributed by atoms with Gasteiger partial charge in [-0.2, -0.15) is 0 Å². The molecule has 0 bridgehead atoms. The van der Waals surface area contributed by atoms with Crippen molar-refractivity contribution in [3.05, 3.63) is 39.9 Å². The molecule has 0 unspecified atom stereocenters. The molecule has 1 aromatic carbocycles. The van der Waals surface area contributed by atoms with Gasteiger partial charge in [0.05, 0.1) is 4.92 Å². The molecule has 0 atom stereocenters. The van der Waals surface area contributed by atoms with Crippen LogP contribution >= 0.6 is 0 Å². The van der Waals surface area contributed by atoms with Crippen molar-refractivity contribution in [2.75, 3.05) is 6.61 Å². The highest BCUT2D eigenvalue weighted by Gasteiger charge is 2.42. The molecule has 118 valence electrons. The van der Waals surface area contributed by atoms with E-state index in [0.717, 1.165) is 12.0 Å². The van der Waals surface area contributed by atoms with Gasteiger partial charge in [-0.25, -0.2) is 0 Å². The lowest BCUT2D eigenvalue weighted by Gasteiger charge is -2.42. The van der Waals surface area contributed by atoms with Gasteiger partial charge in [-0.15, -0.1) is 0 Å². The van der Waals surface area contributed by atoms with E-state index in [9.17, 15) is 10.1 Å². The quantitative estimate of drug-likeness (QED) is 0.413. The lowest BCUT2D eigenvalue weighted by Crippen LogP contribution is -2.45. The Balaban J connectivity index is 2.58. The highest BCUT2D eigenvalue weighted by atomic mass is 28.4. The Labute approximate surface area is 128 Å². The summed E-state index contributed by atoms with van der Waals surface area (Å²) >= 11 is 0. The van der Waals surface area contributed by atoms with Crippen molar-refractivity contribution in [2.24, 2.45) is 5.92 Å². The van der Waals surface area contributed by atoms with Crippen LogP contribution in [0.1, 0.15) is 33.3 Å². The topological polar surface area (TPSA) is 52.4 Å². The Hall–Kier alpha value is -1.20. The maximum absolute atomic E-state index is 10.6. The summed E-state index contributed by atoms with van der Waals surface area (Å²) in [5.41, 5.74) is 1.21. The second-order valence-corrected chi connectivity index (χ2v) is 11.5. The van der Waals surface area contributed by atoms with Crippen LogP contribution in [0.5, 0.6) is 0 Å². The zero-order valence-corrected chi connectivity index (χ0v) is 15.0. The van der Waals surface area contributed by atoms with Crippen molar-refractivity contribution in [1.29, 1.82) is 0 Å². The van der Waals surface area contributed by atoms with Crippen molar-refractivity contribution in [3.63, 3.8) is 0 Å². The molecule has 0 aromatic heterocycles. The van der Waals surface area contributed by atoms with Crippen LogP contribution < -0.4 is 0 Å². The van der Waals surface area contributed by atoms with Crippen LogP contribution in [0.25, 0.3) is 0 Å². The van der Waals surface area contributed by atoms with Gasteiger partial charge in [0.15, 0.2) is 8.32 Å². The molecule has 1 rings (SSSR count). The number of hydrogen-bond acceptors (Lipinski definition) is 3. The first-order valence-electron chi connectivity index (χ1n) is 7.45. The van der Waals surface area contributed by atoms with Crippen molar-refractivity contribution < 1.29 is 9.35 Å². The van der Waals surface area contributed by atoms with Gasteiger partial charge >= 0.3 is 0 Å². The fourth-order valence-electron chi connectivity index (χ4n) is 2.09. The molecule has 4 nitrogen and oxygen atoms in total. The smallest absolute Gasteiger partial charge is 0.269 e. The number of nitro benzene ring substituents is 1. The SMILES string of the molecule is CC(C)C(C)(C)[Si](C)(C)OCCc1ccc([N+](=O)[O-])cc1. The molecule has 0 saturated carbocycles. The fourth-order valence-corrected chi connectivity index (χ4v) is 4.46. The fraction of sp³-hybridized carbons (Fsp3) is 0.625. The second-order valence-electron chi connectivity index (χ2n) is 6.91. The van der Waals surface area contributed by atoms with E-state index in [1.807, 2.05) is 12.1 Å². The van der Waals surface area contributed by atoms with E-state index in [0.29, 0.717) is 12.5 Å². The standard InChI is InChI=1S/C16H27NO3Si/c1-13(2)16(3,4)21(5,6)20-12-11-14-7-9-15(10-8-14)17(18)19/h7-10,13H,11-12H2,1-6H3. The number of hydrogen-bond donors (Lipinski definition) is 0. The Morgan fingerprint density at radius 1 is 1.24 bits per heavy atom. The normalized spacial score (nSPS) is 12.7. The maximum Gasteiger partial charge on any atom is 0.269 e. The molecule has 0 N–H and O–H groups in total. The summed E-state index contributed by atoms with van der Waals surface area (Å²) < 4.78 is 6.24. The van der Waals surface area contributed by atoms with E-state index in [4.69, 9.17) is 4.43 Å². The van der Waals surface area contributed by atoms with Crippen LogP contribution in [0.15, 0.2) is 24.3 Å². The molecule has 0 heterocycles. The Morgan fingerprint density at radius 3 is 2.19 bits per heavy atom. The molecule has 0 aliphatic rings. The molecule has 5 heteroatoms. The lowest BCUT2D eigenvalue weighted by atomic mass is 9.99. The largest absolute Gasteiger partial charge is 0.416 e. The van der Waals surface area contributed by atoms with Crippen molar-refractivity contribution in [3.8, 4) is 0 Å². The molecule has 1 aromatic rings. The highest BCUT2D eigenvalue weighted by molar-refractivity contribution is 6.74. The van der Waals surface area contributed by atoms with E-state index in [1.165, 1.54) is 0 Å². The number of rotatable bonds is 7. The zero-order chi connectivity index (χ0) is 16.3. The van der Waals surface area contributed by atoms with Gasteiger partial charge in [-0.3, -0.25) is 10.1 Å². The van der Waals surface area contributed by atoms with Crippen molar-refractivity contribution in [2.45, 2.75) is 52.2 Å². The van der Waals surface area contributed by atoms with Crippen molar-refractivity contribution in [1.82, 2.24) is 0 Å². The van der Waals surface area contributed by atoms with Crippen LogP contribution in [0.4, 0.5) is 5.69 Å². The Morgan fingerprint density at radius 2 is 1.76 bits per heavy atom. The predicted molar refractivity (Wildman–Crippen MR) is 89.1 cm³/mol. The van der Waals surface area contributed by atoms with Gasteiger partial charge in [0.1, 0.15) is 0 Å². The predicted octanol–water partition coefficient (Wildman–Crippen LogP) is 4.80. The van der Waals surface area contributed by atoms with Gasteiger partial charge in [-0.05, 0) is 36.0 Å². The summed E-state index contributed by atoms with van der Waals surface area (Å²) in [6.45, 7) is 14.3. The third-order valence-corrected chi connectivity index (χ3v) is 9.60. The number of nitrogens with zero attached hydrogens (tertiary/aromatic N) is 1. The molecule has 0 spiro atoms. The highest BCUT2D eigenvalue weighted by Crippen LogP contribution is 2.44. The third kappa shape index (κ3) is 4.38. The molecule has 0 aliphatic heterocycles. The zero-order valence-electron chi connectivity index (χ0n) is 14.0. The molecule has 21 heavy (non-hydrogen) atoms. The first kappa shape index (κ1) is 17.8. The molecule has 0 aliphatic carbocycles. The van der Waals surface area contributed by atoms with E-state index in [2.05, 4.69) is 40.8 Å².